The molecule has 0 spiro atoms. The van der Waals surface area contributed by atoms with E-state index in [-0.39, 0.29) is 0 Å². The van der Waals surface area contributed by atoms with Crippen LogP contribution in [-0.2, 0) is 0 Å². The Labute approximate surface area is 95.0 Å². The molecule has 0 bridgehead atoms. The first kappa shape index (κ1) is 13.0. The Morgan fingerprint density at radius 3 is 2.40 bits per heavy atom. The molecule has 1 rings (SSSR count). The molecule has 2 atom stereocenters. The van der Waals surface area contributed by atoms with Gasteiger partial charge in [0.25, 0.3) is 0 Å². The van der Waals surface area contributed by atoms with Gasteiger partial charge in [0, 0.05) is 18.1 Å². The fraction of sp³-hybridized carbons (Fsp3) is 1.00. The lowest BCUT2D eigenvalue weighted by Crippen LogP contribution is -2.50. The molecule has 0 saturated heterocycles. The highest BCUT2D eigenvalue weighted by Gasteiger charge is 2.26. The second kappa shape index (κ2) is 5.86. The van der Waals surface area contributed by atoms with Gasteiger partial charge in [0.1, 0.15) is 0 Å². The highest BCUT2D eigenvalue weighted by atomic mass is 15.0. The third kappa shape index (κ3) is 4.12. The second-order valence-corrected chi connectivity index (χ2v) is 5.55. The molecule has 90 valence electrons. The summed E-state index contributed by atoms with van der Waals surface area (Å²) < 4.78 is 0. The molecule has 0 aromatic carbocycles. The third-order valence-electron chi connectivity index (χ3n) is 4.10. The molecule has 3 N–H and O–H groups in total. The Morgan fingerprint density at radius 1 is 1.27 bits per heavy atom. The van der Waals surface area contributed by atoms with Crippen molar-refractivity contribution in [1.29, 1.82) is 0 Å². The first-order valence-corrected chi connectivity index (χ1v) is 6.58. The summed E-state index contributed by atoms with van der Waals surface area (Å²) in [5.74, 6) is 0.629. The number of nitrogens with one attached hydrogen (secondary N) is 1. The summed E-state index contributed by atoms with van der Waals surface area (Å²) in [4.78, 5) is 0. The normalized spacial score (nSPS) is 24.8. The molecule has 0 aromatic rings. The average Bonchev–Trinajstić information content (AvgIpc) is 2.26. The number of nitrogens with two attached hydrogens (primary N) is 1. The molecule has 2 nitrogen and oxygen atoms in total. The minimum atomic E-state index is 0.314. The van der Waals surface area contributed by atoms with E-state index in [1.54, 1.807) is 0 Å². The number of hydrogen-bond acceptors (Lipinski definition) is 2. The van der Waals surface area contributed by atoms with Crippen LogP contribution in [0.1, 0.15) is 59.3 Å². The van der Waals surface area contributed by atoms with Crippen LogP contribution in [0.15, 0.2) is 0 Å². The maximum Gasteiger partial charge on any atom is 0.0191 e. The molecule has 2 unspecified atom stereocenters. The van der Waals surface area contributed by atoms with Crippen molar-refractivity contribution in [2.24, 2.45) is 11.7 Å². The zero-order valence-corrected chi connectivity index (χ0v) is 10.7. The zero-order chi connectivity index (χ0) is 11.3. The van der Waals surface area contributed by atoms with E-state index < -0.39 is 0 Å². The van der Waals surface area contributed by atoms with Crippen LogP contribution >= 0.6 is 0 Å². The summed E-state index contributed by atoms with van der Waals surface area (Å²) in [5, 5.41) is 3.69. The predicted octanol–water partition coefficient (Wildman–Crippen LogP) is 2.67. The second-order valence-electron chi connectivity index (χ2n) is 5.55. The number of rotatable bonds is 5. The molecule has 1 aliphatic carbocycles. The molecular weight excluding hydrogens is 184 g/mol. The molecule has 1 saturated carbocycles. The van der Waals surface area contributed by atoms with Crippen LogP contribution in [0.4, 0.5) is 0 Å². The van der Waals surface area contributed by atoms with Gasteiger partial charge in [-0.25, -0.2) is 0 Å². The van der Waals surface area contributed by atoms with Gasteiger partial charge in [0.2, 0.25) is 0 Å². The minimum Gasteiger partial charge on any atom is -0.326 e. The van der Waals surface area contributed by atoms with Crippen LogP contribution < -0.4 is 11.1 Å². The molecule has 1 aliphatic rings. The van der Waals surface area contributed by atoms with Gasteiger partial charge in [-0.05, 0) is 25.7 Å². The molecule has 0 heterocycles. The summed E-state index contributed by atoms with van der Waals surface area (Å²) in [6.07, 6.45) is 7.98. The molecule has 2 heteroatoms. The quantitative estimate of drug-likeness (QED) is 0.735. The highest BCUT2D eigenvalue weighted by molar-refractivity contribution is 4.87. The van der Waals surface area contributed by atoms with Crippen LogP contribution in [0.5, 0.6) is 0 Å². The summed E-state index contributed by atoms with van der Waals surface area (Å²) in [7, 11) is 0. The first-order valence-electron chi connectivity index (χ1n) is 6.58. The van der Waals surface area contributed by atoms with Crippen LogP contribution in [0.3, 0.4) is 0 Å². The van der Waals surface area contributed by atoms with Gasteiger partial charge in [0.15, 0.2) is 0 Å². The van der Waals surface area contributed by atoms with E-state index in [9.17, 15) is 0 Å². The smallest absolute Gasteiger partial charge is 0.0191 e. The van der Waals surface area contributed by atoms with E-state index in [1.165, 1.54) is 38.5 Å². The summed E-state index contributed by atoms with van der Waals surface area (Å²) >= 11 is 0. The monoisotopic (exact) mass is 212 g/mol. The SMILES string of the molecule is CCC(C)C(N)CNC1(C)CCCCC1. The van der Waals surface area contributed by atoms with Crippen LogP contribution in [0.2, 0.25) is 0 Å². The topological polar surface area (TPSA) is 38.0 Å². The van der Waals surface area contributed by atoms with Crippen LogP contribution in [0.25, 0.3) is 0 Å². The summed E-state index contributed by atoms with van der Waals surface area (Å²) in [6, 6.07) is 0.314. The van der Waals surface area contributed by atoms with Gasteiger partial charge < -0.3 is 11.1 Å². The van der Waals surface area contributed by atoms with Crippen molar-refractivity contribution in [2.45, 2.75) is 70.9 Å². The molecule has 0 aromatic heterocycles. The Kier molecular flexibility index (Phi) is 5.07. The van der Waals surface area contributed by atoms with E-state index in [0.29, 0.717) is 17.5 Å². The van der Waals surface area contributed by atoms with Crippen molar-refractivity contribution in [3.63, 3.8) is 0 Å². The van der Waals surface area contributed by atoms with Crippen molar-refractivity contribution >= 4 is 0 Å². The summed E-state index contributed by atoms with van der Waals surface area (Å²) in [6.45, 7) is 7.80. The molecule has 0 aliphatic heterocycles. The fourth-order valence-electron chi connectivity index (χ4n) is 2.38. The molecule has 15 heavy (non-hydrogen) atoms. The Bertz CT molecular complexity index is 173. The van der Waals surface area contributed by atoms with Gasteiger partial charge in [-0.1, -0.05) is 39.5 Å². The van der Waals surface area contributed by atoms with Gasteiger partial charge >= 0.3 is 0 Å². The van der Waals surface area contributed by atoms with Crippen LogP contribution in [-0.4, -0.2) is 18.1 Å². The largest absolute Gasteiger partial charge is 0.326 e. The van der Waals surface area contributed by atoms with Crippen LogP contribution in [0, 0.1) is 5.92 Å². The van der Waals surface area contributed by atoms with Crippen molar-refractivity contribution in [2.75, 3.05) is 6.54 Å². The van der Waals surface area contributed by atoms with Crippen molar-refractivity contribution < 1.29 is 0 Å². The first-order chi connectivity index (χ1) is 7.07. The van der Waals surface area contributed by atoms with E-state index in [2.05, 4.69) is 26.1 Å². The third-order valence-corrected chi connectivity index (χ3v) is 4.10. The molecular formula is C13H28N2. The van der Waals surface area contributed by atoms with E-state index in [0.717, 1.165) is 6.54 Å². The molecule has 0 radical (unpaired) electrons. The predicted molar refractivity (Wildman–Crippen MR) is 66.9 cm³/mol. The maximum atomic E-state index is 6.14. The minimum absolute atomic E-state index is 0.314. The lowest BCUT2D eigenvalue weighted by molar-refractivity contribution is 0.240. The molecule has 0 amide bonds. The van der Waals surface area contributed by atoms with E-state index in [4.69, 9.17) is 5.73 Å². The van der Waals surface area contributed by atoms with Crippen molar-refractivity contribution in [3.8, 4) is 0 Å². The highest BCUT2D eigenvalue weighted by Crippen LogP contribution is 2.27. The lowest BCUT2D eigenvalue weighted by atomic mass is 9.83. The van der Waals surface area contributed by atoms with E-state index in [1.807, 2.05) is 0 Å². The Hall–Kier alpha value is -0.0800. The zero-order valence-electron chi connectivity index (χ0n) is 10.7. The summed E-state index contributed by atoms with van der Waals surface area (Å²) in [5.41, 5.74) is 6.51. The van der Waals surface area contributed by atoms with Gasteiger partial charge in [-0.3, -0.25) is 0 Å². The van der Waals surface area contributed by atoms with Crippen molar-refractivity contribution in [3.05, 3.63) is 0 Å². The van der Waals surface area contributed by atoms with Crippen molar-refractivity contribution in [1.82, 2.24) is 5.32 Å². The fourth-order valence-corrected chi connectivity index (χ4v) is 2.38. The van der Waals surface area contributed by atoms with Gasteiger partial charge in [-0.2, -0.15) is 0 Å². The Morgan fingerprint density at radius 2 is 1.87 bits per heavy atom. The number of hydrogen-bond donors (Lipinski definition) is 2. The van der Waals surface area contributed by atoms with Gasteiger partial charge in [-0.15, -0.1) is 0 Å². The van der Waals surface area contributed by atoms with Gasteiger partial charge in [0.05, 0.1) is 0 Å². The standard InChI is InChI=1S/C13H28N2/c1-4-11(2)12(14)10-15-13(3)8-6-5-7-9-13/h11-12,15H,4-10,14H2,1-3H3. The maximum absolute atomic E-state index is 6.14. The molecule has 1 fully saturated rings. The van der Waals surface area contributed by atoms with E-state index >= 15 is 0 Å². The Balaban J connectivity index is 2.28. The average molecular weight is 212 g/mol. The lowest BCUT2D eigenvalue weighted by Gasteiger charge is -2.36.